The van der Waals surface area contributed by atoms with Gasteiger partial charge in [-0.2, -0.15) is 0 Å². The van der Waals surface area contributed by atoms with Gasteiger partial charge < -0.3 is 0 Å². The average molecular weight is 194 g/mol. The fraction of sp³-hybridized carbons (Fsp3) is 0.600. The van der Waals surface area contributed by atoms with Crippen molar-refractivity contribution < 1.29 is 18.0 Å². The van der Waals surface area contributed by atoms with E-state index in [9.17, 15) is 18.0 Å². The molecular weight excluding hydrogens is 184 g/mol. The number of hydrazine groups is 1. The number of hydrogen-bond donors (Lipinski definition) is 2. The number of hydrogen-bond acceptors (Lipinski definition) is 4. The van der Waals surface area contributed by atoms with Crippen LogP contribution in [0.4, 0.5) is 0 Å². The van der Waals surface area contributed by atoms with E-state index in [0.29, 0.717) is 0 Å². The highest BCUT2D eigenvalue weighted by Gasteiger charge is 2.09. The fourth-order valence-corrected chi connectivity index (χ4v) is 0.980. The predicted molar refractivity (Wildman–Crippen MR) is 41.7 cm³/mol. The molecule has 2 amide bonds. The summed E-state index contributed by atoms with van der Waals surface area (Å²) in [6.07, 6.45) is 0.931. The van der Waals surface area contributed by atoms with Gasteiger partial charge in [0.05, 0.1) is 0 Å². The summed E-state index contributed by atoms with van der Waals surface area (Å²) in [4.78, 5) is 20.9. The van der Waals surface area contributed by atoms with Crippen molar-refractivity contribution in [2.24, 2.45) is 0 Å². The molecule has 0 radical (unpaired) electrons. The van der Waals surface area contributed by atoms with Gasteiger partial charge in [0.1, 0.15) is 5.75 Å². The molecule has 0 rings (SSSR count). The molecule has 0 aromatic carbocycles. The first-order valence-corrected chi connectivity index (χ1v) is 5.10. The van der Waals surface area contributed by atoms with Gasteiger partial charge in [-0.1, -0.05) is 0 Å². The van der Waals surface area contributed by atoms with E-state index in [-0.39, 0.29) is 0 Å². The monoisotopic (exact) mass is 194 g/mol. The van der Waals surface area contributed by atoms with E-state index in [4.69, 9.17) is 0 Å². The zero-order chi connectivity index (χ0) is 9.78. The van der Waals surface area contributed by atoms with Crippen LogP contribution in [0.3, 0.4) is 0 Å². The van der Waals surface area contributed by atoms with Crippen LogP contribution in [0.15, 0.2) is 0 Å². The number of carbonyl (C=O) groups excluding carboxylic acids is 2. The molecule has 0 aliphatic heterocycles. The topological polar surface area (TPSA) is 92.3 Å². The number of amides is 2. The van der Waals surface area contributed by atoms with Gasteiger partial charge in [0.25, 0.3) is 5.91 Å². The van der Waals surface area contributed by atoms with Crippen molar-refractivity contribution in [1.82, 2.24) is 10.9 Å². The van der Waals surface area contributed by atoms with E-state index in [0.717, 1.165) is 6.26 Å². The van der Waals surface area contributed by atoms with Gasteiger partial charge in [0, 0.05) is 13.2 Å². The Bertz CT molecular complexity index is 282. The number of carbonyl (C=O) groups is 2. The molecule has 0 aliphatic rings. The van der Waals surface area contributed by atoms with Crippen molar-refractivity contribution in [3.05, 3.63) is 0 Å². The summed E-state index contributed by atoms with van der Waals surface area (Å²) < 4.78 is 21.0. The zero-order valence-corrected chi connectivity index (χ0v) is 7.56. The summed E-state index contributed by atoms with van der Waals surface area (Å²) in [6, 6.07) is 0. The third-order valence-corrected chi connectivity index (χ3v) is 1.56. The van der Waals surface area contributed by atoms with E-state index in [1.165, 1.54) is 6.92 Å². The van der Waals surface area contributed by atoms with E-state index in [2.05, 4.69) is 0 Å². The second-order valence-electron chi connectivity index (χ2n) is 2.30. The summed E-state index contributed by atoms with van der Waals surface area (Å²) in [6.45, 7) is 1.20. The van der Waals surface area contributed by atoms with Crippen LogP contribution >= 0.6 is 0 Å². The first kappa shape index (κ1) is 10.9. The Kier molecular flexibility index (Phi) is 3.68. The molecule has 0 saturated heterocycles. The van der Waals surface area contributed by atoms with Gasteiger partial charge in [-0.05, 0) is 0 Å². The molecule has 2 N–H and O–H groups in total. The highest BCUT2D eigenvalue weighted by Crippen LogP contribution is 1.80. The van der Waals surface area contributed by atoms with Crippen molar-refractivity contribution in [2.75, 3.05) is 12.0 Å². The molecule has 70 valence electrons. The number of sulfone groups is 1. The van der Waals surface area contributed by atoms with Crippen molar-refractivity contribution >= 4 is 21.7 Å². The van der Waals surface area contributed by atoms with Crippen LogP contribution < -0.4 is 10.9 Å². The lowest BCUT2D eigenvalue weighted by Crippen LogP contribution is -2.42. The number of rotatable bonds is 2. The van der Waals surface area contributed by atoms with Gasteiger partial charge in [-0.25, -0.2) is 8.42 Å². The highest BCUT2D eigenvalue weighted by molar-refractivity contribution is 7.91. The summed E-state index contributed by atoms with van der Waals surface area (Å²) in [5.74, 6) is -1.85. The molecule has 0 heterocycles. The van der Waals surface area contributed by atoms with Crippen LogP contribution in [0.2, 0.25) is 0 Å². The summed E-state index contributed by atoms with van der Waals surface area (Å²) >= 11 is 0. The fourth-order valence-electron chi connectivity index (χ4n) is 0.432. The van der Waals surface area contributed by atoms with E-state index < -0.39 is 27.4 Å². The summed E-state index contributed by atoms with van der Waals surface area (Å²) in [5, 5.41) is 0. The predicted octanol–water partition coefficient (Wildman–Crippen LogP) is -1.80. The van der Waals surface area contributed by atoms with Gasteiger partial charge in [0.15, 0.2) is 9.84 Å². The van der Waals surface area contributed by atoms with Crippen LogP contribution in [0.25, 0.3) is 0 Å². The molecule has 6 nitrogen and oxygen atoms in total. The van der Waals surface area contributed by atoms with Crippen molar-refractivity contribution in [1.29, 1.82) is 0 Å². The maximum Gasteiger partial charge on any atom is 0.253 e. The van der Waals surface area contributed by atoms with Gasteiger partial charge in [-0.3, -0.25) is 20.4 Å². The van der Waals surface area contributed by atoms with Crippen molar-refractivity contribution in [2.45, 2.75) is 6.92 Å². The lowest BCUT2D eigenvalue weighted by Gasteiger charge is -2.02. The minimum Gasteiger partial charge on any atom is -0.274 e. The summed E-state index contributed by atoms with van der Waals surface area (Å²) in [7, 11) is -3.33. The Morgan fingerprint density at radius 1 is 1.25 bits per heavy atom. The van der Waals surface area contributed by atoms with Gasteiger partial charge in [-0.15, -0.1) is 0 Å². The lowest BCUT2D eigenvalue weighted by atomic mass is 10.7. The third-order valence-electron chi connectivity index (χ3n) is 0.771. The Morgan fingerprint density at radius 3 is 2.08 bits per heavy atom. The Morgan fingerprint density at radius 2 is 1.75 bits per heavy atom. The molecule has 0 unspecified atom stereocenters. The molecule has 0 aromatic heterocycles. The van der Waals surface area contributed by atoms with E-state index >= 15 is 0 Å². The molecule has 12 heavy (non-hydrogen) atoms. The van der Waals surface area contributed by atoms with E-state index in [1.807, 2.05) is 10.9 Å². The third kappa shape index (κ3) is 7.00. The smallest absolute Gasteiger partial charge is 0.253 e. The highest BCUT2D eigenvalue weighted by atomic mass is 32.2. The zero-order valence-electron chi connectivity index (χ0n) is 6.75. The molecule has 0 aromatic rings. The molecule has 7 heteroatoms. The summed E-state index contributed by atoms with van der Waals surface area (Å²) in [5.41, 5.74) is 3.89. The Balaban J connectivity index is 3.84. The molecule has 0 fully saturated rings. The van der Waals surface area contributed by atoms with Crippen LogP contribution in [0.1, 0.15) is 6.92 Å². The molecule has 0 atom stereocenters. The maximum absolute atomic E-state index is 10.7. The standard InChI is InChI=1S/C5H10N2O4S/c1-4(8)6-7-5(9)3-12(2,10)11/h3H2,1-2H3,(H,6,8)(H,7,9). The molecular formula is C5H10N2O4S. The molecule has 0 bridgehead atoms. The molecule has 0 saturated carbocycles. The number of nitrogens with one attached hydrogen (secondary N) is 2. The SMILES string of the molecule is CC(=O)NNC(=O)CS(C)(=O)=O. The minimum absolute atomic E-state index is 0.461. The first-order valence-electron chi connectivity index (χ1n) is 3.04. The second kappa shape index (κ2) is 4.05. The van der Waals surface area contributed by atoms with Gasteiger partial charge >= 0.3 is 0 Å². The van der Waals surface area contributed by atoms with Crippen LogP contribution in [-0.2, 0) is 19.4 Å². The quantitative estimate of drug-likeness (QED) is 0.507. The Labute approximate surface area is 70.2 Å². The molecule has 0 spiro atoms. The van der Waals surface area contributed by atoms with E-state index in [1.54, 1.807) is 0 Å². The van der Waals surface area contributed by atoms with Crippen LogP contribution in [-0.4, -0.2) is 32.2 Å². The average Bonchev–Trinajstić information content (AvgIpc) is 1.79. The largest absolute Gasteiger partial charge is 0.274 e. The maximum atomic E-state index is 10.7. The molecule has 0 aliphatic carbocycles. The van der Waals surface area contributed by atoms with Crippen molar-refractivity contribution in [3.63, 3.8) is 0 Å². The lowest BCUT2D eigenvalue weighted by molar-refractivity contribution is -0.126. The van der Waals surface area contributed by atoms with Gasteiger partial charge in [0.2, 0.25) is 5.91 Å². The Hall–Kier alpha value is -1.11. The first-order chi connectivity index (χ1) is 5.31. The van der Waals surface area contributed by atoms with Crippen LogP contribution in [0.5, 0.6) is 0 Å². The normalized spacial score (nSPS) is 10.5. The minimum atomic E-state index is -3.33. The van der Waals surface area contributed by atoms with Crippen molar-refractivity contribution in [3.8, 4) is 0 Å². The van der Waals surface area contributed by atoms with Crippen LogP contribution in [0, 0.1) is 0 Å². The second-order valence-corrected chi connectivity index (χ2v) is 4.44.